The molecular formula is C26H37N7O. The molecule has 1 fully saturated rings. The molecule has 3 aromatic rings. The van der Waals surface area contributed by atoms with Gasteiger partial charge in [0.15, 0.2) is 5.82 Å². The molecule has 1 unspecified atom stereocenters. The number of nitrogens with zero attached hydrogens (tertiary/aromatic N) is 7. The smallest absolute Gasteiger partial charge is 0.173 e. The Morgan fingerprint density at radius 1 is 1.00 bits per heavy atom. The van der Waals surface area contributed by atoms with Crippen LogP contribution >= 0.6 is 0 Å². The van der Waals surface area contributed by atoms with Crippen LogP contribution in [0.2, 0.25) is 0 Å². The number of hydrogen-bond donors (Lipinski definition) is 0. The summed E-state index contributed by atoms with van der Waals surface area (Å²) in [6.45, 7) is 10.2. The zero-order chi connectivity index (χ0) is 24.3. The summed E-state index contributed by atoms with van der Waals surface area (Å²) in [4.78, 5) is 7.03. The molecule has 0 aliphatic carbocycles. The Morgan fingerprint density at radius 2 is 1.68 bits per heavy atom. The lowest BCUT2D eigenvalue weighted by Crippen LogP contribution is -2.49. The van der Waals surface area contributed by atoms with Crippen molar-refractivity contribution in [2.75, 3.05) is 57.2 Å². The van der Waals surface area contributed by atoms with Crippen LogP contribution in [0.5, 0.6) is 5.75 Å². The van der Waals surface area contributed by atoms with Gasteiger partial charge in [-0.1, -0.05) is 31.2 Å². The highest BCUT2D eigenvalue weighted by molar-refractivity contribution is 5.58. The van der Waals surface area contributed by atoms with E-state index >= 15 is 0 Å². The van der Waals surface area contributed by atoms with Crippen molar-refractivity contribution in [3.63, 3.8) is 0 Å². The lowest BCUT2D eigenvalue weighted by Gasteiger charge is -2.41. The number of hydrogen-bond acceptors (Lipinski definition) is 7. The molecule has 8 heteroatoms. The summed E-state index contributed by atoms with van der Waals surface area (Å²) in [5.41, 5.74) is 3.37. The van der Waals surface area contributed by atoms with E-state index in [1.807, 2.05) is 16.8 Å². The van der Waals surface area contributed by atoms with Gasteiger partial charge in [-0.2, -0.15) is 0 Å². The summed E-state index contributed by atoms with van der Waals surface area (Å²) in [6.07, 6.45) is 0.943. The largest absolute Gasteiger partial charge is 0.495 e. The number of rotatable bonds is 8. The lowest BCUT2D eigenvalue weighted by atomic mass is 9.98. The molecule has 0 radical (unpaired) electrons. The van der Waals surface area contributed by atoms with Crippen molar-refractivity contribution in [1.29, 1.82) is 0 Å². The second-order valence-corrected chi connectivity index (χ2v) is 9.70. The van der Waals surface area contributed by atoms with Crippen LogP contribution in [0.3, 0.4) is 0 Å². The van der Waals surface area contributed by atoms with Crippen molar-refractivity contribution in [1.82, 2.24) is 25.1 Å². The average Bonchev–Trinajstić information content (AvgIpc) is 3.35. The van der Waals surface area contributed by atoms with E-state index in [1.54, 1.807) is 7.11 Å². The van der Waals surface area contributed by atoms with E-state index in [2.05, 4.69) is 101 Å². The Morgan fingerprint density at radius 3 is 2.29 bits per heavy atom. The number of aromatic nitrogens is 4. The van der Waals surface area contributed by atoms with Gasteiger partial charge in [-0.25, -0.2) is 4.68 Å². The summed E-state index contributed by atoms with van der Waals surface area (Å²) in [6, 6.07) is 17.0. The fraction of sp³-hybridized carbons (Fsp3) is 0.500. The fourth-order valence-electron chi connectivity index (χ4n) is 4.54. The highest BCUT2D eigenvalue weighted by Crippen LogP contribution is 2.34. The van der Waals surface area contributed by atoms with Gasteiger partial charge in [-0.15, -0.1) is 5.10 Å². The van der Waals surface area contributed by atoms with Gasteiger partial charge in [0.1, 0.15) is 5.75 Å². The van der Waals surface area contributed by atoms with Gasteiger partial charge in [0.05, 0.1) is 24.4 Å². The molecule has 34 heavy (non-hydrogen) atoms. The van der Waals surface area contributed by atoms with Gasteiger partial charge in [-0.05, 0) is 60.5 Å². The Balaban J connectivity index is 1.66. The quantitative estimate of drug-likeness (QED) is 0.503. The van der Waals surface area contributed by atoms with E-state index in [9.17, 15) is 0 Å². The van der Waals surface area contributed by atoms with Gasteiger partial charge >= 0.3 is 0 Å². The Labute approximate surface area is 203 Å². The maximum Gasteiger partial charge on any atom is 0.173 e. The average molecular weight is 464 g/mol. The molecule has 1 saturated heterocycles. The maximum absolute atomic E-state index is 5.61. The molecule has 1 aromatic heterocycles. The topological polar surface area (TPSA) is 62.6 Å². The van der Waals surface area contributed by atoms with Gasteiger partial charge in [0, 0.05) is 46.0 Å². The molecule has 2 heterocycles. The number of ether oxygens (including phenoxy) is 1. The zero-order valence-electron chi connectivity index (χ0n) is 21.3. The second kappa shape index (κ2) is 10.0. The highest BCUT2D eigenvalue weighted by atomic mass is 16.5. The molecule has 8 nitrogen and oxygen atoms in total. The summed E-state index contributed by atoms with van der Waals surface area (Å²) < 4.78 is 7.63. The molecule has 0 bridgehead atoms. The SMILES string of the molecule is CCC(C)(C)n1nnnc1C(c1ccc(N(C)C)cc1)N1CCN(c2ccccc2OC)CC1. The molecular weight excluding hydrogens is 426 g/mol. The molecule has 0 spiro atoms. The van der Waals surface area contributed by atoms with Crippen LogP contribution in [0, 0.1) is 0 Å². The van der Waals surface area contributed by atoms with Gasteiger partial charge in [0.25, 0.3) is 0 Å². The van der Waals surface area contributed by atoms with Crippen molar-refractivity contribution in [2.45, 2.75) is 38.8 Å². The first-order chi connectivity index (χ1) is 16.4. The number of tetrazole rings is 1. The van der Waals surface area contributed by atoms with Crippen molar-refractivity contribution < 1.29 is 4.74 Å². The zero-order valence-corrected chi connectivity index (χ0v) is 21.3. The molecule has 182 valence electrons. The molecule has 0 amide bonds. The van der Waals surface area contributed by atoms with E-state index in [0.29, 0.717) is 0 Å². The number of para-hydroxylation sites is 2. The number of methoxy groups -OCH3 is 1. The van der Waals surface area contributed by atoms with Gasteiger partial charge < -0.3 is 14.5 Å². The van der Waals surface area contributed by atoms with Gasteiger partial charge in [-0.3, -0.25) is 4.90 Å². The fourth-order valence-corrected chi connectivity index (χ4v) is 4.54. The summed E-state index contributed by atoms with van der Waals surface area (Å²) in [5.74, 6) is 1.82. The van der Waals surface area contributed by atoms with Crippen LogP contribution in [-0.4, -0.2) is 72.5 Å². The molecule has 1 aliphatic heterocycles. The van der Waals surface area contributed by atoms with Crippen LogP contribution in [0.15, 0.2) is 48.5 Å². The molecule has 1 aliphatic rings. The highest BCUT2D eigenvalue weighted by Gasteiger charge is 2.34. The maximum atomic E-state index is 5.61. The third-order valence-corrected chi connectivity index (χ3v) is 7.01. The minimum Gasteiger partial charge on any atom is -0.495 e. The first-order valence-corrected chi connectivity index (χ1v) is 12.0. The second-order valence-electron chi connectivity index (χ2n) is 9.70. The predicted octanol–water partition coefficient (Wildman–Crippen LogP) is 3.80. The van der Waals surface area contributed by atoms with Gasteiger partial charge in [0.2, 0.25) is 0 Å². The molecule has 4 rings (SSSR count). The van der Waals surface area contributed by atoms with Crippen LogP contribution in [0.4, 0.5) is 11.4 Å². The van der Waals surface area contributed by atoms with Crippen LogP contribution in [-0.2, 0) is 5.54 Å². The summed E-state index contributed by atoms with van der Waals surface area (Å²) >= 11 is 0. The van der Waals surface area contributed by atoms with E-state index in [0.717, 1.165) is 49.9 Å². The first kappa shape index (κ1) is 24.0. The lowest BCUT2D eigenvalue weighted by molar-refractivity contribution is 0.187. The van der Waals surface area contributed by atoms with Crippen LogP contribution in [0.25, 0.3) is 0 Å². The van der Waals surface area contributed by atoms with E-state index < -0.39 is 0 Å². The van der Waals surface area contributed by atoms with E-state index in [4.69, 9.17) is 4.74 Å². The number of piperazine rings is 1. The molecule has 0 saturated carbocycles. The van der Waals surface area contributed by atoms with Crippen LogP contribution in [0.1, 0.15) is 44.6 Å². The van der Waals surface area contributed by atoms with Crippen molar-refractivity contribution >= 4 is 11.4 Å². The van der Waals surface area contributed by atoms with Crippen molar-refractivity contribution in [2.24, 2.45) is 0 Å². The first-order valence-electron chi connectivity index (χ1n) is 12.0. The van der Waals surface area contributed by atoms with E-state index in [-0.39, 0.29) is 11.6 Å². The third-order valence-electron chi connectivity index (χ3n) is 7.01. The Hall–Kier alpha value is -3.13. The standard InChI is InChI=1S/C26H37N7O/c1-7-26(2,3)33-25(27-28-29-33)24(20-12-14-21(15-13-20)30(4)5)32-18-16-31(17-19-32)22-10-8-9-11-23(22)34-6/h8-15,24H,7,16-19H2,1-6H3. The van der Waals surface area contributed by atoms with Crippen LogP contribution < -0.4 is 14.5 Å². The normalized spacial score (nSPS) is 15.9. The Kier molecular flexibility index (Phi) is 7.07. The molecule has 1 atom stereocenters. The number of benzene rings is 2. The van der Waals surface area contributed by atoms with E-state index in [1.165, 1.54) is 11.3 Å². The molecule has 2 aromatic carbocycles. The summed E-state index contributed by atoms with van der Waals surface area (Å²) in [5, 5.41) is 13.1. The van der Waals surface area contributed by atoms with Crippen molar-refractivity contribution in [3.05, 3.63) is 59.9 Å². The summed E-state index contributed by atoms with van der Waals surface area (Å²) in [7, 11) is 5.86. The Bertz CT molecular complexity index is 1070. The predicted molar refractivity (Wildman–Crippen MR) is 137 cm³/mol. The van der Waals surface area contributed by atoms with Crippen molar-refractivity contribution in [3.8, 4) is 5.75 Å². The minimum absolute atomic E-state index is 0.0168. The third kappa shape index (κ3) is 4.73. The molecule has 0 N–H and O–H groups in total. The minimum atomic E-state index is -0.167. The number of anilines is 2. The monoisotopic (exact) mass is 463 g/mol.